The second-order valence-electron chi connectivity index (χ2n) is 7.62. The molecule has 2 rings (SSSR count). The van der Waals surface area contributed by atoms with Crippen LogP contribution in [0.4, 0.5) is 0 Å². The second kappa shape index (κ2) is 13.2. The van der Waals surface area contributed by atoms with Gasteiger partial charge < -0.3 is 14.5 Å². The summed E-state index contributed by atoms with van der Waals surface area (Å²) in [6.07, 6.45) is 3.54. The van der Waals surface area contributed by atoms with E-state index >= 15 is 0 Å². The molecule has 0 N–H and O–H groups in total. The molecular weight excluding hydrogens is 366 g/mol. The number of carbonyl (C=O) groups excluding carboxylic acids is 2. The third-order valence-electron chi connectivity index (χ3n) is 5.27. The summed E-state index contributed by atoms with van der Waals surface area (Å²) in [5, 5.41) is 0. The highest BCUT2D eigenvalue weighted by Crippen LogP contribution is 2.10. The maximum atomic E-state index is 12.5. The van der Waals surface area contributed by atoms with Crippen molar-refractivity contribution in [3.05, 3.63) is 30.3 Å². The molecule has 1 saturated heterocycles. The van der Waals surface area contributed by atoms with E-state index in [1.807, 2.05) is 40.1 Å². The van der Waals surface area contributed by atoms with Gasteiger partial charge in [0.1, 0.15) is 12.4 Å². The lowest BCUT2D eigenvalue weighted by Gasteiger charge is -2.34. The van der Waals surface area contributed by atoms with Crippen LogP contribution >= 0.6 is 0 Å². The molecule has 6 heteroatoms. The Kier molecular flexibility index (Phi) is 10.6. The van der Waals surface area contributed by atoms with Crippen molar-refractivity contribution in [1.82, 2.24) is 14.7 Å². The highest BCUT2D eigenvalue weighted by atomic mass is 16.5. The Bertz CT molecular complexity index is 595. The van der Waals surface area contributed by atoms with Gasteiger partial charge in [-0.05, 0) is 31.4 Å². The SMILES string of the molecule is CCCN(CCC)C(=O)CCCC(=O)N1CCN(CCOc2ccccc2)CC1. The number of benzene rings is 1. The van der Waals surface area contributed by atoms with Crippen LogP contribution in [0.3, 0.4) is 0 Å². The van der Waals surface area contributed by atoms with Gasteiger partial charge in [0.05, 0.1) is 0 Å². The minimum Gasteiger partial charge on any atom is -0.492 e. The molecule has 1 aromatic rings. The van der Waals surface area contributed by atoms with Crippen LogP contribution in [0.2, 0.25) is 0 Å². The van der Waals surface area contributed by atoms with Gasteiger partial charge in [0, 0.05) is 58.7 Å². The Hall–Kier alpha value is -2.08. The van der Waals surface area contributed by atoms with E-state index in [2.05, 4.69) is 18.7 Å². The second-order valence-corrected chi connectivity index (χ2v) is 7.62. The van der Waals surface area contributed by atoms with Crippen LogP contribution < -0.4 is 4.74 Å². The zero-order valence-corrected chi connectivity index (χ0v) is 18.1. The van der Waals surface area contributed by atoms with Gasteiger partial charge in [-0.3, -0.25) is 14.5 Å². The molecule has 1 aromatic carbocycles. The fraction of sp³-hybridized carbons (Fsp3) is 0.652. The molecule has 0 atom stereocenters. The van der Waals surface area contributed by atoms with E-state index in [1.165, 1.54) is 0 Å². The van der Waals surface area contributed by atoms with Crippen molar-refractivity contribution < 1.29 is 14.3 Å². The Morgan fingerprint density at radius 3 is 2.24 bits per heavy atom. The lowest BCUT2D eigenvalue weighted by atomic mass is 10.2. The van der Waals surface area contributed by atoms with Crippen LogP contribution in [0.25, 0.3) is 0 Å². The summed E-state index contributed by atoms with van der Waals surface area (Å²) in [6.45, 7) is 10.6. The van der Waals surface area contributed by atoms with E-state index in [1.54, 1.807) is 0 Å². The molecule has 0 saturated carbocycles. The zero-order chi connectivity index (χ0) is 20.9. The highest BCUT2D eigenvalue weighted by Gasteiger charge is 2.21. The number of carbonyl (C=O) groups is 2. The van der Waals surface area contributed by atoms with Gasteiger partial charge in [0.2, 0.25) is 11.8 Å². The minimum atomic E-state index is 0.176. The molecule has 0 bridgehead atoms. The number of para-hydroxylation sites is 1. The largest absolute Gasteiger partial charge is 0.492 e. The van der Waals surface area contributed by atoms with Gasteiger partial charge in [-0.15, -0.1) is 0 Å². The highest BCUT2D eigenvalue weighted by molar-refractivity contribution is 5.79. The summed E-state index contributed by atoms with van der Waals surface area (Å²) in [6, 6.07) is 9.85. The Labute approximate surface area is 175 Å². The van der Waals surface area contributed by atoms with Crippen molar-refractivity contribution in [2.45, 2.75) is 46.0 Å². The third-order valence-corrected chi connectivity index (χ3v) is 5.27. The van der Waals surface area contributed by atoms with E-state index in [0.717, 1.165) is 64.4 Å². The Morgan fingerprint density at radius 2 is 1.62 bits per heavy atom. The quantitative estimate of drug-likeness (QED) is 0.538. The number of ether oxygens (including phenoxy) is 1. The molecule has 0 aromatic heterocycles. The van der Waals surface area contributed by atoms with Crippen LogP contribution in [-0.2, 0) is 9.59 Å². The monoisotopic (exact) mass is 403 g/mol. The van der Waals surface area contributed by atoms with Crippen LogP contribution in [0, 0.1) is 0 Å². The van der Waals surface area contributed by atoms with Gasteiger partial charge in [-0.1, -0.05) is 32.0 Å². The van der Waals surface area contributed by atoms with Gasteiger partial charge in [-0.2, -0.15) is 0 Å². The molecule has 0 unspecified atom stereocenters. The maximum Gasteiger partial charge on any atom is 0.222 e. The van der Waals surface area contributed by atoms with E-state index in [-0.39, 0.29) is 11.8 Å². The molecule has 0 spiro atoms. The first-order chi connectivity index (χ1) is 14.1. The first-order valence-corrected chi connectivity index (χ1v) is 11.1. The normalized spacial score (nSPS) is 14.6. The average molecular weight is 404 g/mol. The first kappa shape index (κ1) is 23.2. The molecule has 6 nitrogen and oxygen atoms in total. The standard InChI is InChI=1S/C23H37N3O3/c1-3-13-25(14-4-2)22(27)11-8-12-23(28)26-17-15-24(16-18-26)19-20-29-21-9-6-5-7-10-21/h5-7,9-10H,3-4,8,11-20H2,1-2H3. The van der Waals surface area contributed by atoms with Gasteiger partial charge in [0.15, 0.2) is 0 Å². The fourth-order valence-electron chi connectivity index (χ4n) is 3.64. The molecule has 1 aliphatic heterocycles. The summed E-state index contributed by atoms with van der Waals surface area (Å²) in [5.74, 6) is 1.26. The molecule has 0 radical (unpaired) electrons. The van der Waals surface area contributed by atoms with Crippen LogP contribution in [0.5, 0.6) is 5.75 Å². The Morgan fingerprint density at radius 1 is 0.966 bits per heavy atom. The van der Waals surface area contributed by atoms with E-state index in [4.69, 9.17) is 4.74 Å². The third kappa shape index (κ3) is 8.44. The lowest BCUT2D eigenvalue weighted by Crippen LogP contribution is -2.49. The molecule has 162 valence electrons. The lowest BCUT2D eigenvalue weighted by molar-refractivity contribution is -0.134. The summed E-state index contributed by atoms with van der Waals surface area (Å²) in [4.78, 5) is 31.0. The van der Waals surface area contributed by atoms with Crippen molar-refractivity contribution >= 4 is 11.8 Å². The van der Waals surface area contributed by atoms with Crippen LogP contribution in [0.15, 0.2) is 30.3 Å². The number of piperazine rings is 1. The number of nitrogens with zero attached hydrogens (tertiary/aromatic N) is 3. The summed E-state index contributed by atoms with van der Waals surface area (Å²) < 4.78 is 5.75. The molecule has 0 aliphatic carbocycles. The number of hydrogen-bond donors (Lipinski definition) is 0. The van der Waals surface area contributed by atoms with Crippen molar-refractivity contribution in [3.8, 4) is 5.75 Å². The summed E-state index contributed by atoms with van der Waals surface area (Å²) in [7, 11) is 0. The predicted molar refractivity (Wildman–Crippen MR) is 116 cm³/mol. The molecule has 2 amide bonds. The maximum absolute atomic E-state index is 12.5. The molecule has 1 aliphatic rings. The van der Waals surface area contributed by atoms with E-state index < -0.39 is 0 Å². The average Bonchev–Trinajstić information content (AvgIpc) is 2.74. The number of amides is 2. The zero-order valence-electron chi connectivity index (χ0n) is 18.1. The van der Waals surface area contributed by atoms with Crippen molar-refractivity contribution in [2.75, 3.05) is 52.4 Å². The van der Waals surface area contributed by atoms with Gasteiger partial charge in [-0.25, -0.2) is 0 Å². The topological polar surface area (TPSA) is 53.1 Å². The summed E-state index contributed by atoms with van der Waals surface area (Å²) in [5.41, 5.74) is 0. The smallest absolute Gasteiger partial charge is 0.222 e. The minimum absolute atomic E-state index is 0.176. The van der Waals surface area contributed by atoms with Gasteiger partial charge >= 0.3 is 0 Å². The van der Waals surface area contributed by atoms with Crippen LogP contribution in [0.1, 0.15) is 46.0 Å². The molecule has 1 fully saturated rings. The predicted octanol–water partition coefficient (Wildman–Crippen LogP) is 3.03. The first-order valence-electron chi connectivity index (χ1n) is 11.1. The number of hydrogen-bond acceptors (Lipinski definition) is 4. The van der Waals surface area contributed by atoms with E-state index in [0.29, 0.717) is 25.9 Å². The van der Waals surface area contributed by atoms with Crippen molar-refractivity contribution in [2.24, 2.45) is 0 Å². The van der Waals surface area contributed by atoms with Crippen LogP contribution in [-0.4, -0.2) is 78.9 Å². The Balaban J connectivity index is 1.59. The molecule has 1 heterocycles. The van der Waals surface area contributed by atoms with Gasteiger partial charge in [0.25, 0.3) is 0 Å². The van der Waals surface area contributed by atoms with E-state index in [9.17, 15) is 9.59 Å². The fourth-order valence-corrected chi connectivity index (χ4v) is 3.64. The van der Waals surface area contributed by atoms with Crippen molar-refractivity contribution in [3.63, 3.8) is 0 Å². The number of rotatable bonds is 12. The van der Waals surface area contributed by atoms with Crippen molar-refractivity contribution in [1.29, 1.82) is 0 Å². The molecule has 29 heavy (non-hydrogen) atoms. The summed E-state index contributed by atoms with van der Waals surface area (Å²) >= 11 is 0. The molecular formula is C23H37N3O3.